The summed E-state index contributed by atoms with van der Waals surface area (Å²) < 4.78 is 18.7. The third-order valence-electron chi connectivity index (χ3n) is 5.61. The number of carbonyl (C=O) groups excluding carboxylic acids is 1. The molecule has 0 radical (unpaired) electrons. The third kappa shape index (κ3) is 4.42. The summed E-state index contributed by atoms with van der Waals surface area (Å²) >= 11 is 0. The first-order valence-electron chi connectivity index (χ1n) is 10.6. The molecule has 2 heterocycles. The van der Waals surface area contributed by atoms with Crippen LogP contribution in [0.3, 0.4) is 0 Å². The van der Waals surface area contributed by atoms with Crippen molar-refractivity contribution in [3.63, 3.8) is 0 Å². The average molecular weight is 407 g/mol. The Hall–Kier alpha value is -3.02. The van der Waals surface area contributed by atoms with E-state index >= 15 is 0 Å². The van der Waals surface area contributed by atoms with Gasteiger partial charge in [-0.3, -0.25) is 4.79 Å². The zero-order valence-corrected chi connectivity index (χ0v) is 17.2. The van der Waals surface area contributed by atoms with Crippen LogP contribution >= 0.6 is 0 Å². The van der Waals surface area contributed by atoms with Gasteiger partial charge in [0.15, 0.2) is 0 Å². The van der Waals surface area contributed by atoms with Crippen molar-refractivity contribution in [1.29, 1.82) is 0 Å². The predicted molar refractivity (Wildman–Crippen MR) is 112 cm³/mol. The van der Waals surface area contributed by atoms with E-state index in [0.717, 1.165) is 38.5 Å². The normalized spacial score (nSPS) is 16.6. The Morgan fingerprint density at radius 2 is 1.90 bits per heavy atom. The summed E-state index contributed by atoms with van der Waals surface area (Å²) in [6.45, 7) is 2.84. The predicted octanol–water partition coefficient (Wildman–Crippen LogP) is 5.59. The number of likely N-dealkylation sites (tertiary alicyclic amines) is 1. The quantitative estimate of drug-likeness (QED) is 0.535. The van der Waals surface area contributed by atoms with Gasteiger partial charge >= 0.3 is 0 Å². The maximum Gasteiger partial charge on any atom is 0.254 e. The zero-order chi connectivity index (χ0) is 20.9. The van der Waals surface area contributed by atoms with Gasteiger partial charge in [0.25, 0.3) is 5.91 Å². The molecular formula is C24H26FN3O2. The number of rotatable bonds is 6. The molecule has 1 aromatic heterocycles. The number of unbranched alkanes of at least 4 members (excludes halogenated alkanes) is 1. The summed E-state index contributed by atoms with van der Waals surface area (Å²) in [4.78, 5) is 19.6. The maximum absolute atomic E-state index is 13.2. The highest BCUT2D eigenvalue weighted by atomic mass is 19.1. The van der Waals surface area contributed by atoms with Crippen molar-refractivity contribution in [3.8, 4) is 11.4 Å². The standard InChI is InChI=1S/C24H26FN3O2/c1-2-3-6-17-8-10-19(11-9-17)24(29)28-16-5-4-7-21(28)23-26-22(27-30-23)18-12-14-20(25)15-13-18/h8-15,21H,2-7,16H2,1H3. The van der Waals surface area contributed by atoms with Gasteiger partial charge in [-0.1, -0.05) is 30.6 Å². The van der Waals surface area contributed by atoms with Gasteiger partial charge in [0.2, 0.25) is 11.7 Å². The minimum Gasteiger partial charge on any atom is -0.337 e. The largest absolute Gasteiger partial charge is 0.337 e. The molecule has 0 N–H and O–H groups in total. The Labute approximate surface area is 175 Å². The molecule has 4 rings (SSSR count). The molecule has 2 aromatic carbocycles. The molecule has 0 bridgehead atoms. The Bertz CT molecular complexity index is 982. The van der Waals surface area contributed by atoms with E-state index in [9.17, 15) is 9.18 Å². The summed E-state index contributed by atoms with van der Waals surface area (Å²) in [5.41, 5.74) is 2.62. The van der Waals surface area contributed by atoms with Crippen molar-refractivity contribution < 1.29 is 13.7 Å². The van der Waals surface area contributed by atoms with Crippen LogP contribution in [0.5, 0.6) is 0 Å². The molecule has 30 heavy (non-hydrogen) atoms. The fourth-order valence-electron chi connectivity index (χ4n) is 3.88. The lowest BCUT2D eigenvalue weighted by Crippen LogP contribution is -2.38. The van der Waals surface area contributed by atoms with Crippen molar-refractivity contribution in [1.82, 2.24) is 15.0 Å². The van der Waals surface area contributed by atoms with Crippen LogP contribution in [0.2, 0.25) is 0 Å². The molecule has 0 aliphatic carbocycles. The molecule has 156 valence electrons. The van der Waals surface area contributed by atoms with Crippen LogP contribution in [0, 0.1) is 5.82 Å². The molecule has 1 fully saturated rings. The highest BCUT2D eigenvalue weighted by molar-refractivity contribution is 5.94. The van der Waals surface area contributed by atoms with Crippen LogP contribution in [0.1, 0.15) is 66.9 Å². The van der Waals surface area contributed by atoms with Gasteiger partial charge in [-0.05, 0) is 74.1 Å². The second-order valence-corrected chi connectivity index (χ2v) is 7.77. The van der Waals surface area contributed by atoms with Crippen LogP contribution in [-0.4, -0.2) is 27.5 Å². The molecule has 1 saturated heterocycles. The number of aromatic nitrogens is 2. The highest BCUT2D eigenvalue weighted by Crippen LogP contribution is 2.32. The molecule has 1 atom stereocenters. The second-order valence-electron chi connectivity index (χ2n) is 7.77. The smallest absolute Gasteiger partial charge is 0.254 e. The van der Waals surface area contributed by atoms with E-state index < -0.39 is 0 Å². The molecule has 1 unspecified atom stereocenters. The summed E-state index contributed by atoms with van der Waals surface area (Å²) in [5, 5.41) is 4.05. The van der Waals surface area contributed by atoms with E-state index in [1.165, 1.54) is 17.7 Å². The molecule has 5 nitrogen and oxygen atoms in total. The summed E-state index contributed by atoms with van der Waals surface area (Å²) in [7, 11) is 0. The first-order chi connectivity index (χ1) is 14.7. The number of halogens is 1. The van der Waals surface area contributed by atoms with Crippen molar-refractivity contribution in [2.75, 3.05) is 6.54 Å². The minimum atomic E-state index is -0.313. The lowest BCUT2D eigenvalue weighted by Gasteiger charge is -2.33. The van der Waals surface area contributed by atoms with Crippen molar-refractivity contribution in [2.24, 2.45) is 0 Å². The summed E-state index contributed by atoms with van der Waals surface area (Å²) in [6, 6.07) is 13.6. The number of nitrogens with zero attached hydrogens (tertiary/aromatic N) is 3. The van der Waals surface area contributed by atoms with Gasteiger partial charge in [-0.15, -0.1) is 0 Å². The topological polar surface area (TPSA) is 59.2 Å². The average Bonchev–Trinajstić information content (AvgIpc) is 3.28. The van der Waals surface area contributed by atoms with E-state index in [4.69, 9.17) is 4.52 Å². The number of carbonyl (C=O) groups is 1. The SMILES string of the molecule is CCCCc1ccc(C(=O)N2CCCCC2c2nc(-c3ccc(F)cc3)no2)cc1. The van der Waals surface area contributed by atoms with E-state index in [1.54, 1.807) is 12.1 Å². The Morgan fingerprint density at radius 3 is 2.63 bits per heavy atom. The van der Waals surface area contributed by atoms with Gasteiger partial charge in [0.1, 0.15) is 11.9 Å². The monoisotopic (exact) mass is 407 g/mol. The van der Waals surface area contributed by atoms with Gasteiger partial charge in [0.05, 0.1) is 0 Å². The Morgan fingerprint density at radius 1 is 1.13 bits per heavy atom. The third-order valence-corrected chi connectivity index (χ3v) is 5.61. The molecular weight excluding hydrogens is 381 g/mol. The molecule has 1 amide bonds. The fourth-order valence-corrected chi connectivity index (χ4v) is 3.88. The van der Waals surface area contributed by atoms with Crippen LogP contribution in [0.15, 0.2) is 53.1 Å². The van der Waals surface area contributed by atoms with Gasteiger partial charge < -0.3 is 9.42 Å². The maximum atomic E-state index is 13.2. The number of hydrogen-bond acceptors (Lipinski definition) is 4. The number of aryl methyl sites for hydroxylation is 1. The lowest BCUT2D eigenvalue weighted by atomic mass is 10.00. The van der Waals surface area contributed by atoms with Gasteiger partial charge in [-0.25, -0.2) is 4.39 Å². The number of benzene rings is 2. The number of hydrogen-bond donors (Lipinski definition) is 0. The van der Waals surface area contributed by atoms with E-state index in [-0.39, 0.29) is 17.8 Å². The van der Waals surface area contributed by atoms with Crippen LogP contribution < -0.4 is 0 Å². The van der Waals surface area contributed by atoms with Crippen molar-refractivity contribution in [2.45, 2.75) is 51.5 Å². The Kier molecular flexibility index (Phi) is 6.21. The summed E-state index contributed by atoms with van der Waals surface area (Å²) in [6.07, 6.45) is 6.07. The lowest BCUT2D eigenvalue weighted by molar-refractivity contribution is 0.0561. The first-order valence-corrected chi connectivity index (χ1v) is 10.6. The fraction of sp³-hybridized carbons (Fsp3) is 0.375. The molecule has 3 aromatic rings. The van der Waals surface area contributed by atoms with Crippen LogP contribution in [0.4, 0.5) is 4.39 Å². The zero-order valence-electron chi connectivity index (χ0n) is 17.2. The molecule has 1 aliphatic rings. The van der Waals surface area contributed by atoms with E-state index in [0.29, 0.717) is 29.4 Å². The highest BCUT2D eigenvalue weighted by Gasteiger charge is 2.32. The number of piperidine rings is 1. The summed E-state index contributed by atoms with van der Waals surface area (Å²) in [5.74, 6) is 0.515. The van der Waals surface area contributed by atoms with E-state index in [1.807, 2.05) is 29.2 Å². The first kappa shape index (κ1) is 20.3. The van der Waals surface area contributed by atoms with E-state index in [2.05, 4.69) is 17.1 Å². The number of amides is 1. The molecule has 6 heteroatoms. The van der Waals surface area contributed by atoms with Gasteiger partial charge in [0, 0.05) is 17.7 Å². The molecule has 0 spiro atoms. The molecule has 0 saturated carbocycles. The van der Waals surface area contributed by atoms with Crippen molar-refractivity contribution >= 4 is 5.91 Å². The minimum absolute atomic E-state index is 0.0109. The van der Waals surface area contributed by atoms with Gasteiger partial charge in [-0.2, -0.15) is 4.98 Å². The van der Waals surface area contributed by atoms with Crippen LogP contribution in [0.25, 0.3) is 11.4 Å². The second kappa shape index (κ2) is 9.20. The van der Waals surface area contributed by atoms with Crippen LogP contribution in [-0.2, 0) is 6.42 Å². The van der Waals surface area contributed by atoms with Crippen molar-refractivity contribution in [3.05, 3.63) is 71.4 Å². The Balaban J connectivity index is 1.53. The molecule has 1 aliphatic heterocycles.